The van der Waals surface area contributed by atoms with Crippen molar-refractivity contribution < 1.29 is 22.7 Å². The van der Waals surface area contributed by atoms with Crippen LogP contribution in [0.2, 0.25) is 0 Å². The number of aliphatic hydroxyl groups excluding tert-OH is 1. The van der Waals surface area contributed by atoms with E-state index in [-0.39, 0.29) is 11.3 Å². The quantitative estimate of drug-likeness (QED) is 0.854. The summed E-state index contributed by atoms with van der Waals surface area (Å²) in [6.45, 7) is 0. The minimum atomic E-state index is -4.74. The highest BCUT2D eigenvalue weighted by Gasteiger charge is 2.34. The number of nitrogens with zero attached hydrogens (tertiary/aromatic N) is 1. The number of thiazole rings is 1. The van der Waals surface area contributed by atoms with Gasteiger partial charge in [0.25, 0.3) is 0 Å². The van der Waals surface area contributed by atoms with Gasteiger partial charge in [0.2, 0.25) is 0 Å². The highest BCUT2D eigenvalue weighted by molar-refractivity contribution is 7.07. The van der Waals surface area contributed by atoms with Crippen LogP contribution in [0.4, 0.5) is 17.6 Å². The SMILES string of the molecule is OC(c1ccc(C(F)(F)F)c(F)c1)c1cscn1. The van der Waals surface area contributed by atoms with E-state index in [1.54, 1.807) is 5.38 Å². The number of aliphatic hydroxyl groups is 1. The number of rotatable bonds is 2. The van der Waals surface area contributed by atoms with Crippen LogP contribution in [0.25, 0.3) is 0 Å². The first-order valence-corrected chi connectivity index (χ1v) is 5.76. The average molecular weight is 277 g/mol. The summed E-state index contributed by atoms with van der Waals surface area (Å²) in [6.07, 6.45) is -5.97. The summed E-state index contributed by atoms with van der Waals surface area (Å²) in [5.74, 6) is -1.41. The van der Waals surface area contributed by atoms with E-state index in [2.05, 4.69) is 4.98 Å². The molecule has 2 rings (SSSR count). The molecule has 0 aliphatic heterocycles. The van der Waals surface area contributed by atoms with Crippen molar-refractivity contribution in [2.24, 2.45) is 0 Å². The molecule has 2 nitrogen and oxygen atoms in total. The van der Waals surface area contributed by atoms with E-state index >= 15 is 0 Å². The van der Waals surface area contributed by atoms with Crippen molar-refractivity contribution in [3.8, 4) is 0 Å². The van der Waals surface area contributed by atoms with Crippen molar-refractivity contribution in [2.45, 2.75) is 12.3 Å². The summed E-state index contributed by atoms with van der Waals surface area (Å²) in [4.78, 5) is 3.82. The normalized spacial score (nSPS) is 13.6. The van der Waals surface area contributed by atoms with Crippen LogP contribution in [0.15, 0.2) is 29.1 Å². The third-order valence-electron chi connectivity index (χ3n) is 2.35. The summed E-state index contributed by atoms with van der Waals surface area (Å²) < 4.78 is 50.3. The molecule has 0 aliphatic rings. The Bertz CT molecular complexity index is 538. The Balaban J connectivity index is 2.35. The largest absolute Gasteiger partial charge is 0.419 e. The van der Waals surface area contributed by atoms with Gasteiger partial charge in [0.1, 0.15) is 11.9 Å². The van der Waals surface area contributed by atoms with Gasteiger partial charge in [0.05, 0.1) is 16.8 Å². The molecule has 0 spiro atoms. The van der Waals surface area contributed by atoms with Crippen LogP contribution in [0.3, 0.4) is 0 Å². The molecule has 0 amide bonds. The minimum Gasteiger partial charge on any atom is -0.382 e. The molecular formula is C11H7F4NOS. The van der Waals surface area contributed by atoms with Gasteiger partial charge in [-0.2, -0.15) is 13.2 Å². The molecule has 1 atom stereocenters. The van der Waals surface area contributed by atoms with Crippen LogP contribution in [0.1, 0.15) is 22.9 Å². The molecule has 0 bridgehead atoms. The molecule has 2 aromatic rings. The zero-order chi connectivity index (χ0) is 13.3. The van der Waals surface area contributed by atoms with Crippen molar-refractivity contribution in [2.75, 3.05) is 0 Å². The van der Waals surface area contributed by atoms with Crippen LogP contribution in [0.5, 0.6) is 0 Å². The van der Waals surface area contributed by atoms with Crippen LogP contribution < -0.4 is 0 Å². The molecule has 1 aromatic carbocycles. The lowest BCUT2D eigenvalue weighted by Crippen LogP contribution is -2.09. The Hall–Kier alpha value is -1.47. The Labute approximate surface area is 104 Å². The van der Waals surface area contributed by atoms with Crippen LogP contribution in [-0.2, 0) is 6.18 Å². The fourth-order valence-corrected chi connectivity index (χ4v) is 2.03. The minimum absolute atomic E-state index is 0.0337. The maximum atomic E-state index is 13.3. The molecule has 7 heteroatoms. The zero-order valence-corrected chi connectivity index (χ0v) is 9.60. The van der Waals surface area contributed by atoms with Gasteiger partial charge < -0.3 is 5.11 Å². The third-order valence-corrected chi connectivity index (χ3v) is 2.95. The van der Waals surface area contributed by atoms with Crippen LogP contribution in [0, 0.1) is 5.82 Å². The van der Waals surface area contributed by atoms with Gasteiger partial charge in [-0.15, -0.1) is 11.3 Å². The zero-order valence-electron chi connectivity index (χ0n) is 8.78. The van der Waals surface area contributed by atoms with Gasteiger partial charge in [-0.05, 0) is 17.7 Å². The molecule has 96 valence electrons. The van der Waals surface area contributed by atoms with Gasteiger partial charge in [-0.1, -0.05) is 6.07 Å². The molecular weight excluding hydrogens is 270 g/mol. The van der Waals surface area contributed by atoms with Crippen molar-refractivity contribution in [3.63, 3.8) is 0 Å². The number of alkyl halides is 3. The third kappa shape index (κ3) is 2.51. The summed E-state index contributed by atoms with van der Waals surface area (Å²) in [7, 11) is 0. The smallest absolute Gasteiger partial charge is 0.382 e. The standard InChI is InChI=1S/C11H7F4NOS/c12-8-3-6(1-2-7(8)11(13,14)15)10(17)9-4-18-5-16-9/h1-5,10,17H. The Kier molecular flexibility index (Phi) is 3.36. The second kappa shape index (κ2) is 4.66. The maximum absolute atomic E-state index is 13.3. The highest BCUT2D eigenvalue weighted by Crippen LogP contribution is 2.33. The first kappa shape index (κ1) is 13.0. The van der Waals surface area contributed by atoms with E-state index in [1.165, 1.54) is 16.8 Å². The van der Waals surface area contributed by atoms with Gasteiger partial charge >= 0.3 is 6.18 Å². The summed E-state index contributed by atoms with van der Waals surface area (Å²) >= 11 is 1.23. The van der Waals surface area contributed by atoms with E-state index < -0.39 is 23.7 Å². The maximum Gasteiger partial charge on any atom is 0.419 e. The molecule has 1 unspecified atom stereocenters. The van der Waals surface area contributed by atoms with E-state index in [1.807, 2.05) is 0 Å². The number of aromatic nitrogens is 1. The predicted octanol–water partition coefficient (Wildman–Crippen LogP) is 3.38. The van der Waals surface area contributed by atoms with Gasteiger partial charge in [0, 0.05) is 5.38 Å². The lowest BCUT2D eigenvalue weighted by atomic mass is 10.0. The molecule has 1 aromatic heterocycles. The van der Waals surface area contributed by atoms with Crippen molar-refractivity contribution in [1.82, 2.24) is 4.98 Å². The van der Waals surface area contributed by atoms with Gasteiger partial charge in [-0.25, -0.2) is 9.37 Å². The molecule has 1 N–H and O–H groups in total. The van der Waals surface area contributed by atoms with Crippen LogP contribution >= 0.6 is 11.3 Å². The van der Waals surface area contributed by atoms with E-state index in [0.29, 0.717) is 12.1 Å². The molecule has 0 fully saturated rings. The number of halogens is 4. The highest BCUT2D eigenvalue weighted by atomic mass is 32.1. The average Bonchev–Trinajstić information content (AvgIpc) is 2.79. The summed E-state index contributed by atoms with van der Waals surface area (Å²) in [5.41, 5.74) is 0.432. The molecule has 1 heterocycles. The summed E-state index contributed by atoms with van der Waals surface area (Å²) in [5, 5.41) is 11.3. The first-order chi connectivity index (χ1) is 8.39. The molecule has 0 aliphatic carbocycles. The number of hydrogen-bond acceptors (Lipinski definition) is 3. The van der Waals surface area contributed by atoms with Gasteiger partial charge in [-0.3, -0.25) is 0 Å². The number of hydrogen-bond donors (Lipinski definition) is 1. The molecule has 0 saturated heterocycles. The van der Waals surface area contributed by atoms with Crippen molar-refractivity contribution in [1.29, 1.82) is 0 Å². The molecule has 18 heavy (non-hydrogen) atoms. The van der Waals surface area contributed by atoms with E-state index in [9.17, 15) is 22.7 Å². The van der Waals surface area contributed by atoms with Crippen LogP contribution in [-0.4, -0.2) is 10.1 Å². The topological polar surface area (TPSA) is 33.1 Å². The summed E-state index contributed by atoms with van der Waals surface area (Å²) in [6, 6.07) is 2.32. The second-order valence-corrected chi connectivity index (χ2v) is 4.27. The fourth-order valence-electron chi connectivity index (χ4n) is 1.46. The van der Waals surface area contributed by atoms with E-state index in [4.69, 9.17) is 0 Å². The predicted molar refractivity (Wildman–Crippen MR) is 57.6 cm³/mol. The van der Waals surface area contributed by atoms with Crippen molar-refractivity contribution in [3.05, 3.63) is 51.7 Å². The van der Waals surface area contributed by atoms with Crippen molar-refractivity contribution >= 4 is 11.3 Å². The lowest BCUT2D eigenvalue weighted by molar-refractivity contribution is -0.140. The lowest BCUT2D eigenvalue weighted by Gasteiger charge is -2.12. The Morgan fingerprint density at radius 3 is 2.50 bits per heavy atom. The monoisotopic (exact) mass is 277 g/mol. The fraction of sp³-hybridized carbons (Fsp3) is 0.182. The Morgan fingerprint density at radius 2 is 2.00 bits per heavy atom. The van der Waals surface area contributed by atoms with E-state index in [0.717, 1.165) is 6.07 Å². The first-order valence-electron chi connectivity index (χ1n) is 4.82. The molecule has 0 saturated carbocycles. The molecule has 0 radical (unpaired) electrons. The number of benzene rings is 1. The second-order valence-electron chi connectivity index (χ2n) is 3.55. The van der Waals surface area contributed by atoms with Gasteiger partial charge in [0.15, 0.2) is 0 Å². The Morgan fingerprint density at radius 1 is 1.28 bits per heavy atom.